The maximum absolute atomic E-state index is 13.4. The molecule has 5 N–H and O–H groups in total. The predicted octanol–water partition coefficient (Wildman–Crippen LogP) is 0.275. The van der Waals surface area contributed by atoms with Gasteiger partial charge in [0.15, 0.2) is 0 Å². The summed E-state index contributed by atoms with van der Waals surface area (Å²) in [6.45, 7) is 1.73. The Labute approximate surface area is 98.0 Å². The van der Waals surface area contributed by atoms with Crippen LogP contribution in [0.3, 0.4) is 0 Å². The van der Waals surface area contributed by atoms with Gasteiger partial charge < -0.3 is 16.8 Å². The first-order valence-electron chi connectivity index (χ1n) is 5.01. The Morgan fingerprint density at radius 3 is 2.65 bits per heavy atom. The molecule has 1 atom stereocenters. The van der Waals surface area contributed by atoms with E-state index in [0.717, 1.165) is 5.56 Å². The van der Waals surface area contributed by atoms with Crippen LogP contribution < -0.4 is 16.8 Å². The monoisotopic (exact) mass is 239 g/mol. The Balaban J connectivity index is 2.71. The summed E-state index contributed by atoms with van der Waals surface area (Å²) >= 11 is 0. The van der Waals surface area contributed by atoms with Gasteiger partial charge in [-0.15, -0.1) is 0 Å². The molecule has 0 radical (unpaired) electrons. The first-order chi connectivity index (χ1) is 7.90. The molecule has 0 aliphatic rings. The van der Waals surface area contributed by atoms with Crippen LogP contribution >= 0.6 is 0 Å². The number of nitrogens with two attached hydrogens (primary N) is 2. The van der Waals surface area contributed by atoms with Crippen LogP contribution in [0.2, 0.25) is 0 Å². The molecule has 2 amide bonds. The summed E-state index contributed by atoms with van der Waals surface area (Å²) in [6, 6.07) is 3.29. The minimum Gasteiger partial charge on any atom is -0.370 e. The molecule has 0 aliphatic carbocycles. The molecule has 0 saturated heterocycles. The number of halogens is 1. The van der Waals surface area contributed by atoms with Gasteiger partial charge in [0, 0.05) is 0 Å². The van der Waals surface area contributed by atoms with E-state index in [-0.39, 0.29) is 12.1 Å². The Morgan fingerprint density at radius 1 is 1.47 bits per heavy atom. The normalized spacial score (nSPS) is 11.9. The fourth-order valence-electron chi connectivity index (χ4n) is 1.26. The number of hydrogen-bond acceptors (Lipinski definition) is 3. The topological polar surface area (TPSA) is 98.2 Å². The van der Waals surface area contributed by atoms with Crippen molar-refractivity contribution in [2.75, 3.05) is 5.32 Å². The molecule has 1 aromatic rings. The Kier molecular flexibility index (Phi) is 4.17. The van der Waals surface area contributed by atoms with E-state index in [1.54, 1.807) is 13.0 Å². The SMILES string of the molecule is Cc1ccc(NC(=O)C(N)CC(N)=O)c(F)c1. The minimum absolute atomic E-state index is 0.0283. The molecule has 17 heavy (non-hydrogen) atoms. The van der Waals surface area contributed by atoms with Crippen LogP contribution in [-0.2, 0) is 9.59 Å². The zero-order chi connectivity index (χ0) is 13.0. The van der Waals surface area contributed by atoms with Gasteiger partial charge in [-0.2, -0.15) is 0 Å². The molecular formula is C11H14FN3O2. The van der Waals surface area contributed by atoms with Gasteiger partial charge in [0.1, 0.15) is 5.82 Å². The number of aryl methyl sites for hydroxylation is 1. The summed E-state index contributed by atoms with van der Waals surface area (Å²) in [4.78, 5) is 22.0. The lowest BCUT2D eigenvalue weighted by atomic mass is 10.1. The van der Waals surface area contributed by atoms with Gasteiger partial charge in [-0.1, -0.05) is 6.07 Å². The van der Waals surface area contributed by atoms with Crippen LogP contribution in [0.25, 0.3) is 0 Å². The predicted molar refractivity (Wildman–Crippen MR) is 61.6 cm³/mol. The van der Waals surface area contributed by atoms with Crippen LogP contribution in [0, 0.1) is 12.7 Å². The third-order valence-corrected chi connectivity index (χ3v) is 2.14. The molecule has 1 rings (SSSR count). The number of hydrogen-bond donors (Lipinski definition) is 3. The quantitative estimate of drug-likeness (QED) is 0.703. The highest BCUT2D eigenvalue weighted by molar-refractivity contribution is 5.97. The van der Waals surface area contributed by atoms with Gasteiger partial charge in [0.05, 0.1) is 18.2 Å². The van der Waals surface area contributed by atoms with E-state index in [1.165, 1.54) is 12.1 Å². The van der Waals surface area contributed by atoms with Gasteiger partial charge in [0.2, 0.25) is 11.8 Å². The molecule has 0 bridgehead atoms. The number of amides is 2. The van der Waals surface area contributed by atoms with Gasteiger partial charge in [-0.05, 0) is 24.6 Å². The highest BCUT2D eigenvalue weighted by Gasteiger charge is 2.17. The third kappa shape index (κ3) is 3.84. The lowest BCUT2D eigenvalue weighted by Gasteiger charge is -2.11. The molecule has 0 heterocycles. The summed E-state index contributed by atoms with van der Waals surface area (Å²) in [6.07, 6.45) is -0.278. The van der Waals surface area contributed by atoms with Crippen molar-refractivity contribution < 1.29 is 14.0 Å². The number of anilines is 1. The second-order valence-corrected chi connectivity index (χ2v) is 3.75. The minimum atomic E-state index is -1.08. The first-order valence-corrected chi connectivity index (χ1v) is 5.01. The molecule has 0 saturated carbocycles. The molecule has 0 aliphatic heterocycles. The fourth-order valence-corrected chi connectivity index (χ4v) is 1.26. The summed E-state index contributed by atoms with van der Waals surface area (Å²) in [5, 5.41) is 2.30. The van der Waals surface area contributed by atoms with E-state index in [4.69, 9.17) is 11.5 Å². The fraction of sp³-hybridized carbons (Fsp3) is 0.273. The van der Waals surface area contributed by atoms with Gasteiger partial charge >= 0.3 is 0 Å². The van der Waals surface area contributed by atoms with E-state index >= 15 is 0 Å². The maximum atomic E-state index is 13.4. The van der Waals surface area contributed by atoms with Crippen molar-refractivity contribution in [3.8, 4) is 0 Å². The van der Waals surface area contributed by atoms with E-state index in [0.29, 0.717) is 0 Å². The second-order valence-electron chi connectivity index (χ2n) is 3.75. The molecular weight excluding hydrogens is 225 g/mol. The van der Waals surface area contributed by atoms with Gasteiger partial charge in [0.25, 0.3) is 0 Å². The second kappa shape index (κ2) is 5.40. The van der Waals surface area contributed by atoms with Crippen LogP contribution in [-0.4, -0.2) is 17.9 Å². The number of benzene rings is 1. The van der Waals surface area contributed by atoms with E-state index in [1.807, 2.05) is 0 Å². The molecule has 5 nitrogen and oxygen atoms in total. The van der Waals surface area contributed by atoms with E-state index in [9.17, 15) is 14.0 Å². The summed E-state index contributed by atoms with van der Waals surface area (Å²) in [5.74, 6) is -1.88. The summed E-state index contributed by atoms with van der Waals surface area (Å²) in [5.41, 5.74) is 11.1. The lowest BCUT2D eigenvalue weighted by Crippen LogP contribution is -2.39. The van der Waals surface area contributed by atoms with Crippen LogP contribution in [0.4, 0.5) is 10.1 Å². The zero-order valence-electron chi connectivity index (χ0n) is 9.37. The molecule has 0 fully saturated rings. The van der Waals surface area contributed by atoms with Crippen molar-refractivity contribution in [1.82, 2.24) is 0 Å². The molecule has 0 spiro atoms. The Morgan fingerprint density at radius 2 is 2.12 bits per heavy atom. The number of rotatable bonds is 4. The van der Waals surface area contributed by atoms with Crippen molar-refractivity contribution in [3.63, 3.8) is 0 Å². The van der Waals surface area contributed by atoms with Crippen LogP contribution in [0.15, 0.2) is 18.2 Å². The third-order valence-electron chi connectivity index (χ3n) is 2.14. The average Bonchev–Trinajstić information content (AvgIpc) is 2.21. The summed E-state index contributed by atoms with van der Waals surface area (Å²) in [7, 11) is 0. The molecule has 6 heteroatoms. The molecule has 92 valence electrons. The molecule has 1 unspecified atom stereocenters. The zero-order valence-corrected chi connectivity index (χ0v) is 9.37. The van der Waals surface area contributed by atoms with E-state index in [2.05, 4.69) is 5.32 Å². The maximum Gasteiger partial charge on any atom is 0.241 e. The van der Waals surface area contributed by atoms with Crippen molar-refractivity contribution in [2.24, 2.45) is 11.5 Å². The summed E-state index contributed by atoms with van der Waals surface area (Å²) < 4.78 is 13.4. The number of nitrogens with one attached hydrogen (secondary N) is 1. The van der Waals surface area contributed by atoms with Gasteiger partial charge in [-0.3, -0.25) is 9.59 Å². The Bertz CT molecular complexity index is 448. The van der Waals surface area contributed by atoms with Crippen molar-refractivity contribution >= 4 is 17.5 Å². The van der Waals surface area contributed by atoms with Crippen molar-refractivity contribution in [3.05, 3.63) is 29.6 Å². The highest BCUT2D eigenvalue weighted by atomic mass is 19.1. The first kappa shape index (κ1) is 13.1. The standard InChI is InChI=1S/C11H14FN3O2/c1-6-2-3-9(7(12)4-6)15-11(17)8(13)5-10(14)16/h2-4,8H,5,13H2,1H3,(H2,14,16)(H,15,17). The average molecular weight is 239 g/mol. The number of carbonyl (C=O) groups excluding carboxylic acids is 2. The van der Waals surface area contributed by atoms with Crippen LogP contribution in [0.5, 0.6) is 0 Å². The Hall–Kier alpha value is -1.95. The highest BCUT2D eigenvalue weighted by Crippen LogP contribution is 2.15. The van der Waals surface area contributed by atoms with E-state index < -0.39 is 23.7 Å². The lowest BCUT2D eigenvalue weighted by molar-refractivity contribution is -0.123. The smallest absolute Gasteiger partial charge is 0.241 e. The van der Waals surface area contributed by atoms with Crippen LogP contribution in [0.1, 0.15) is 12.0 Å². The number of carbonyl (C=O) groups is 2. The molecule has 1 aromatic carbocycles. The van der Waals surface area contributed by atoms with Gasteiger partial charge in [-0.25, -0.2) is 4.39 Å². The largest absolute Gasteiger partial charge is 0.370 e. The molecule has 0 aromatic heterocycles. The van der Waals surface area contributed by atoms with Crippen molar-refractivity contribution in [2.45, 2.75) is 19.4 Å². The number of primary amides is 1. The van der Waals surface area contributed by atoms with Crippen molar-refractivity contribution in [1.29, 1.82) is 0 Å².